The molecule has 0 aliphatic heterocycles. The predicted octanol–water partition coefficient (Wildman–Crippen LogP) is 3.32. The molecule has 0 spiro atoms. The highest BCUT2D eigenvalue weighted by Gasteiger charge is 2.52. The van der Waals surface area contributed by atoms with Gasteiger partial charge >= 0.3 is 0 Å². The fourth-order valence-electron chi connectivity index (χ4n) is 4.98. The van der Waals surface area contributed by atoms with Crippen LogP contribution in [0.5, 0.6) is 0 Å². The van der Waals surface area contributed by atoms with E-state index in [-0.39, 0.29) is 23.0 Å². The Kier molecular flexibility index (Phi) is 3.44. The van der Waals surface area contributed by atoms with E-state index in [4.69, 9.17) is 0 Å². The highest BCUT2D eigenvalue weighted by atomic mass is 16.1. The average Bonchev–Trinajstić information content (AvgIpc) is 3.04. The van der Waals surface area contributed by atoms with Crippen molar-refractivity contribution >= 4 is 12.1 Å². The molecule has 1 unspecified atom stereocenters. The molecule has 1 aromatic heterocycles. The van der Waals surface area contributed by atoms with Crippen molar-refractivity contribution in [1.29, 1.82) is 0 Å². The summed E-state index contributed by atoms with van der Waals surface area (Å²) >= 11 is 0. The van der Waals surface area contributed by atoms with Crippen LogP contribution in [0.2, 0.25) is 0 Å². The maximum atomic E-state index is 12.4. The molecule has 1 heterocycles. The van der Waals surface area contributed by atoms with Crippen molar-refractivity contribution in [3.63, 3.8) is 0 Å². The second kappa shape index (κ2) is 5.40. The van der Waals surface area contributed by atoms with E-state index in [0.717, 1.165) is 36.1 Å². The molecule has 4 nitrogen and oxygen atoms in total. The minimum atomic E-state index is -0.490. The van der Waals surface area contributed by atoms with Crippen LogP contribution in [-0.2, 0) is 21.4 Å². The predicted molar refractivity (Wildman–Crippen MR) is 91.5 cm³/mol. The Morgan fingerprint density at radius 3 is 2.75 bits per heavy atom. The minimum Gasteiger partial charge on any atom is -0.303 e. The molecule has 0 bridgehead atoms. The zero-order valence-corrected chi connectivity index (χ0v) is 14.1. The molecule has 1 N–H and O–H groups in total. The fraction of sp³-hybridized carbons (Fsp3) is 0.450. The highest BCUT2D eigenvalue weighted by Crippen LogP contribution is 2.52. The first-order valence-electron chi connectivity index (χ1n) is 8.68. The summed E-state index contributed by atoms with van der Waals surface area (Å²) in [7, 11) is 0. The number of hydrogen-bond acceptors (Lipinski definition) is 3. The molecule has 4 heteroatoms. The Hall–Kier alpha value is -2.23. The van der Waals surface area contributed by atoms with E-state index in [2.05, 4.69) is 29.3 Å². The summed E-state index contributed by atoms with van der Waals surface area (Å²) in [6.45, 7) is 4.18. The van der Waals surface area contributed by atoms with Gasteiger partial charge in [-0.2, -0.15) is 5.10 Å². The first-order valence-corrected chi connectivity index (χ1v) is 8.68. The zero-order chi connectivity index (χ0) is 16.9. The van der Waals surface area contributed by atoms with Gasteiger partial charge in [0.25, 0.3) is 0 Å². The fourth-order valence-corrected chi connectivity index (χ4v) is 4.98. The van der Waals surface area contributed by atoms with Crippen molar-refractivity contribution in [3.8, 4) is 11.3 Å². The molecular weight excluding hydrogens is 300 g/mol. The Morgan fingerprint density at radius 1 is 1.29 bits per heavy atom. The van der Waals surface area contributed by atoms with Gasteiger partial charge < -0.3 is 4.79 Å². The van der Waals surface area contributed by atoms with Crippen molar-refractivity contribution < 1.29 is 9.59 Å². The Balaban J connectivity index is 1.82. The molecule has 1 aromatic carbocycles. The van der Waals surface area contributed by atoms with Gasteiger partial charge in [-0.15, -0.1) is 0 Å². The normalized spacial score (nSPS) is 32.1. The molecule has 4 atom stereocenters. The number of carbonyl (C=O) groups is 2. The summed E-state index contributed by atoms with van der Waals surface area (Å²) < 4.78 is 0. The summed E-state index contributed by atoms with van der Waals surface area (Å²) in [4.78, 5) is 23.9. The number of hydrogen-bond donors (Lipinski definition) is 1. The number of nitrogens with zero attached hydrogens (tertiary/aromatic N) is 1. The van der Waals surface area contributed by atoms with Crippen LogP contribution < -0.4 is 0 Å². The van der Waals surface area contributed by atoms with Gasteiger partial charge in [0.2, 0.25) is 0 Å². The molecule has 124 valence electrons. The van der Waals surface area contributed by atoms with Crippen LogP contribution in [0.25, 0.3) is 11.3 Å². The van der Waals surface area contributed by atoms with Crippen LogP contribution in [0, 0.1) is 17.8 Å². The Bertz CT molecular complexity index is 795. The highest BCUT2D eigenvalue weighted by molar-refractivity contribution is 5.96. The van der Waals surface area contributed by atoms with Gasteiger partial charge in [0.05, 0.1) is 11.6 Å². The summed E-state index contributed by atoms with van der Waals surface area (Å²) in [5.41, 5.74) is 4.32. The maximum absolute atomic E-state index is 12.4. The number of fused-ring (bicyclic) bond motifs is 3. The van der Waals surface area contributed by atoms with E-state index in [0.29, 0.717) is 6.42 Å². The standard InChI is InChI=1S/C20H22N2O2/c1-12-16-9-8-15-17(13-6-4-3-5-7-13)21-22-19(15)20(16,2)10-14(11-23)18(12)24/h3-7,11-12,14,16H,8-10H2,1-2H3,(H,21,22)/t12-,14?,16-,20-/m0/s1. The summed E-state index contributed by atoms with van der Waals surface area (Å²) in [5, 5.41) is 7.87. The van der Waals surface area contributed by atoms with Gasteiger partial charge in [0.15, 0.2) is 0 Å². The number of benzene rings is 1. The molecular formula is C20H22N2O2. The van der Waals surface area contributed by atoms with Crippen molar-refractivity contribution in [2.75, 3.05) is 0 Å². The van der Waals surface area contributed by atoms with Gasteiger partial charge in [0.1, 0.15) is 12.1 Å². The van der Waals surface area contributed by atoms with Gasteiger partial charge in [-0.3, -0.25) is 9.89 Å². The van der Waals surface area contributed by atoms with Crippen LogP contribution in [0.15, 0.2) is 30.3 Å². The molecule has 4 rings (SSSR count). The lowest BCUT2D eigenvalue weighted by Crippen LogP contribution is -2.50. The van der Waals surface area contributed by atoms with Gasteiger partial charge in [-0.05, 0) is 25.2 Å². The van der Waals surface area contributed by atoms with Crippen LogP contribution in [0.4, 0.5) is 0 Å². The van der Waals surface area contributed by atoms with E-state index < -0.39 is 5.92 Å². The molecule has 24 heavy (non-hydrogen) atoms. The molecule has 0 saturated heterocycles. The molecule has 1 saturated carbocycles. The summed E-state index contributed by atoms with van der Waals surface area (Å²) in [5.74, 6) is -0.178. The van der Waals surface area contributed by atoms with E-state index in [9.17, 15) is 9.59 Å². The van der Waals surface area contributed by atoms with Crippen LogP contribution in [-0.4, -0.2) is 22.3 Å². The van der Waals surface area contributed by atoms with Crippen molar-refractivity contribution in [1.82, 2.24) is 10.2 Å². The number of rotatable bonds is 2. The number of nitrogens with one attached hydrogen (secondary N) is 1. The summed E-state index contributed by atoms with van der Waals surface area (Å²) in [6, 6.07) is 10.2. The van der Waals surface area contributed by atoms with E-state index >= 15 is 0 Å². The Morgan fingerprint density at radius 2 is 2.04 bits per heavy atom. The van der Waals surface area contributed by atoms with Crippen molar-refractivity contribution in [2.24, 2.45) is 17.8 Å². The number of H-pyrrole nitrogens is 1. The third-order valence-electron chi connectivity index (χ3n) is 6.24. The molecule has 2 aliphatic carbocycles. The monoisotopic (exact) mass is 322 g/mol. The number of aromatic nitrogens is 2. The quantitative estimate of drug-likeness (QED) is 0.681. The van der Waals surface area contributed by atoms with Crippen LogP contribution in [0.1, 0.15) is 37.9 Å². The van der Waals surface area contributed by atoms with Gasteiger partial charge in [-0.25, -0.2) is 0 Å². The topological polar surface area (TPSA) is 62.8 Å². The maximum Gasteiger partial charge on any atom is 0.146 e. The zero-order valence-electron chi connectivity index (χ0n) is 14.1. The second-order valence-electron chi connectivity index (χ2n) is 7.49. The summed E-state index contributed by atoms with van der Waals surface area (Å²) in [6.07, 6.45) is 3.33. The number of Topliss-reactive ketones (excluding diaryl/α,β-unsaturated/α-hetero) is 1. The van der Waals surface area contributed by atoms with Crippen molar-refractivity contribution in [2.45, 2.75) is 38.5 Å². The molecule has 1 fully saturated rings. The van der Waals surface area contributed by atoms with Crippen molar-refractivity contribution in [3.05, 3.63) is 41.6 Å². The van der Waals surface area contributed by atoms with Crippen LogP contribution >= 0.6 is 0 Å². The van der Waals surface area contributed by atoms with E-state index in [1.54, 1.807) is 0 Å². The smallest absolute Gasteiger partial charge is 0.146 e. The Labute approximate surface area is 141 Å². The third kappa shape index (κ3) is 2.02. The van der Waals surface area contributed by atoms with E-state index in [1.165, 1.54) is 5.56 Å². The lowest BCUT2D eigenvalue weighted by molar-refractivity contribution is -0.137. The second-order valence-corrected chi connectivity index (χ2v) is 7.49. The van der Waals surface area contributed by atoms with Gasteiger partial charge in [0, 0.05) is 28.2 Å². The lowest BCUT2D eigenvalue weighted by Gasteiger charge is -2.48. The number of aldehydes is 1. The first-order chi connectivity index (χ1) is 11.6. The first kappa shape index (κ1) is 15.3. The molecule has 0 amide bonds. The van der Waals surface area contributed by atoms with Crippen LogP contribution in [0.3, 0.4) is 0 Å². The largest absolute Gasteiger partial charge is 0.303 e. The molecule has 2 aliphatic rings. The SMILES string of the molecule is C[C@@H]1C(=O)C(C=O)C[C@]2(C)c3[nH]nc(-c4ccccc4)c3CC[C@@H]12. The van der Waals surface area contributed by atoms with Gasteiger partial charge in [-0.1, -0.05) is 44.2 Å². The third-order valence-corrected chi connectivity index (χ3v) is 6.24. The number of aromatic amines is 1. The average molecular weight is 322 g/mol. The van der Waals surface area contributed by atoms with E-state index in [1.807, 2.05) is 25.1 Å². The number of ketones is 1. The number of carbonyl (C=O) groups excluding carboxylic acids is 2. The molecule has 2 aromatic rings. The minimum absolute atomic E-state index is 0.0735. The lowest BCUT2D eigenvalue weighted by atomic mass is 9.54. The molecule has 0 radical (unpaired) electrons.